The number of nitrogens with two attached hydrogens (primary N) is 1. The largest absolute Gasteiger partial charge is 0.468 e. The molecule has 86 valence electrons. The number of hydrogen-bond donors (Lipinski definition) is 1. The lowest BCUT2D eigenvalue weighted by molar-refractivity contribution is -0.385. The van der Waals surface area contributed by atoms with E-state index in [-0.39, 0.29) is 5.56 Å². The summed E-state index contributed by atoms with van der Waals surface area (Å²) in [6, 6.07) is 1.35. The van der Waals surface area contributed by atoms with E-state index in [0.29, 0.717) is 0 Å². The van der Waals surface area contributed by atoms with Crippen molar-refractivity contribution in [2.75, 3.05) is 7.11 Å². The number of rotatable bonds is 3. The summed E-state index contributed by atoms with van der Waals surface area (Å²) in [7, 11) is 1.09. The van der Waals surface area contributed by atoms with E-state index in [0.717, 1.165) is 25.3 Å². The first-order chi connectivity index (χ1) is 7.47. The molecule has 0 spiro atoms. The normalized spacial score (nSPS) is 11.9. The van der Waals surface area contributed by atoms with Gasteiger partial charge in [0.05, 0.1) is 17.6 Å². The van der Waals surface area contributed by atoms with Gasteiger partial charge in [0.25, 0.3) is 5.69 Å². The predicted octanol–water partition coefficient (Wildman–Crippen LogP) is 0.907. The van der Waals surface area contributed by atoms with Crippen molar-refractivity contribution in [2.45, 2.75) is 6.04 Å². The smallest absolute Gasteiger partial charge is 0.327 e. The SMILES string of the molecule is COC(=O)[C@H](N)c1cc(F)ccc1[N+](=O)[O-]. The van der Waals surface area contributed by atoms with Crippen LogP contribution in [0.25, 0.3) is 0 Å². The van der Waals surface area contributed by atoms with Crippen LogP contribution in [0, 0.1) is 15.9 Å². The topological polar surface area (TPSA) is 95.5 Å². The first kappa shape index (κ1) is 12.1. The number of esters is 1. The van der Waals surface area contributed by atoms with Gasteiger partial charge in [0.1, 0.15) is 11.9 Å². The lowest BCUT2D eigenvalue weighted by atomic mass is 10.1. The third kappa shape index (κ3) is 2.31. The van der Waals surface area contributed by atoms with E-state index in [1.165, 1.54) is 0 Å². The lowest BCUT2D eigenvalue weighted by Crippen LogP contribution is -2.23. The Morgan fingerprint density at radius 1 is 1.62 bits per heavy atom. The molecule has 1 aromatic carbocycles. The second-order valence-electron chi connectivity index (χ2n) is 2.96. The number of ether oxygens (including phenoxy) is 1. The Kier molecular flexibility index (Phi) is 3.51. The number of halogens is 1. The van der Waals surface area contributed by atoms with E-state index in [4.69, 9.17) is 5.73 Å². The van der Waals surface area contributed by atoms with Gasteiger partial charge in [-0.3, -0.25) is 10.1 Å². The molecule has 0 fully saturated rings. The van der Waals surface area contributed by atoms with Gasteiger partial charge in [-0.05, 0) is 12.1 Å². The third-order valence-corrected chi connectivity index (χ3v) is 1.98. The van der Waals surface area contributed by atoms with Crippen molar-refractivity contribution in [3.63, 3.8) is 0 Å². The van der Waals surface area contributed by atoms with Crippen LogP contribution in [-0.4, -0.2) is 18.0 Å². The molecular weight excluding hydrogens is 219 g/mol. The predicted molar refractivity (Wildman–Crippen MR) is 52.0 cm³/mol. The summed E-state index contributed by atoms with van der Waals surface area (Å²) in [6.45, 7) is 0. The first-order valence-corrected chi connectivity index (χ1v) is 4.24. The van der Waals surface area contributed by atoms with Gasteiger partial charge in [-0.2, -0.15) is 0 Å². The van der Waals surface area contributed by atoms with Crippen LogP contribution in [0.2, 0.25) is 0 Å². The Labute approximate surface area is 90.0 Å². The number of nitro benzene ring substituents is 1. The number of hydrogen-bond acceptors (Lipinski definition) is 5. The molecule has 6 nitrogen and oxygen atoms in total. The molecule has 0 heterocycles. The molecule has 0 aliphatic heterocycles. The van der Waals surface area contributed by atoms with Crippen molar-refractivity contribution >= 4 is 11.7 Å². The Morgan fingerprint density at radius 3 is 2.75 bits per heavy atom. The number of carbonyl (C=O) groups excluding carboxylic acids is 1. The number of nitrogens with zero attached hydrogens (tertiary/aromatic N) is 1. The minimum absolute atomic E-state index is 0.211. The molecule has 1 aromatic rings. The fraction of sp³-hybridized carbons (Fsp3) is 0.222. The highest BCUT2D eigenvalue weighted by Crippen LogP contribution is 2.25. The molecule has 2 N–H and O–H groups in total. The summed E-state index contributed by atoms with van der Waals surface area (Å²) in [5.74, 6) is -1.58. The van der Waals surface area contributed by atoms with Crippen LogP contribution in [0.1, 0.15) is 11.6 Å². The van der Waals surface area contributed by atoms with Crippen molar-refractivity contribution < 1.29 is 18.8 Å². The van der Waals surface area contributed by atoms with Crippen molar-refractivity contribution in [1.82, 2.24) is 0 Å². The molecule has 0 amide bonds. The Balaban J connectivity index is 3.24. The molecule has 0 aliphatic carbocycles. The molecule has 0 saturated carbocycles. The summed E-state index contributed by atoms with van der Waals surface area (Å²) >= 11 is 0. The lowest BCUT2D eigenvalue weighted by Gasteiger charge is -2.09. The van der Waals surface area contributed by atoms with E-state index >= 15 is 0 Å². The van der Waals surface area contributed by atoms with Gasteiger partial charge in [-0.15, -0.1) is 0 Å². The van der Waals surface area contributed by atoms with Gasteiger partial charge >= 0.3 is 5.97 Å². The fourth-order valence-electron chi connectivity index (χ4n) is 1.19. The van der Waals surface area contributed by atoms with Gasteiger partial charge in [0.2, 0.25) is 0 Å². The minimum atomic E-state index is -1.37. The van der Waals surface area contributed by atoms with Gasteiger partial charge in [0.15, 0.2) is 0 Å². The molecule has 1 rings (SSSR count). The second kappa shape index (κ2) is 4.67. The molecule has 0 bridgehead atoms. The van der Waals surface area contributed by atoms with E-state index in [1.807, 2.05) is 0 Å². The second-order valence-corrected chi connectivity index (χ2v) is 2.96. The quantitative estimate of drug-likeness (QED) is 0.471. The summed E-state index contributed by atoms with van der Waals surface area (Å²) in [5, 5.41) is 10.6. The van der Waals surface area contributed by atoms with Crippen LogP contribution in [0.4, 0.5) is 10.1 Å². The van der Waals surface area contributed by atoms with E-state index in [2.05, 4.69) is 4.74 Å². The summed E-state index contributed by atoms with van der Waals surface area (Å²) in [5.41, 5.74) is 4.78. The number of benzene rings is 1. The Hall–Kier alpha value is -2.02. The maximum atomic E-state index is 12.9. The first-order valence-electron chi connectivity index (χ1n) is 4.24. The standard InChI is InChI=1S/C9H9FN2O4/c1-16-9(13)8(11)6-4-5(10)2-3-7(6)12(14)15/h2-4,8H,11H2,1H3/t8-/m1/s1. The fourth-order valence-corrected chi connectivity index (χ4v) is 1.19. The highest BCUT2D eigenvalue weighted by atomic mass is 19.1. The summed E-state index contributed by atoms with van der Waals surface area (Å²) in [6.07, 6.45) is 0. The molecular formula is C9H9FN2O4. The van der Waals surface area contributed by atoms with Crippen molar-refractivity contribution in [3.8, 4) is 0 Å². The van der Waals surface area contributed by atoms with E-state index in [1.54, 1.807) is 0 Å². The van der Waals surface area contributed by atoms with Crippen LogP contribution in [0.5, 0.6) is 0 Å². The molecule has 0 aliphatic rings. The Morgan fingerprint density at radius 2 is 2.25 bits per heavy atom. The molecule has 0 aromatic heterocycles. The van der Waals surface area contributed by atoms with Crippen LogP contribution >= 0.6 is 0 Å². The minimum Gasteiger partial charge on any atom is -0.468 e. The van der Waals surface area contributed by atoms with Gasteiger partial charge in [-0.25, -0.2) is 9.18 Å². The van der Waals surface area contributed by atoms with E-state index in [9.17, 15) is 19.3 Å². The average Bonchev–Trinajstić information content (AvgIpc) is 2.26. The monoisotopic (exact) mass is 228 g/mol. The number of methoxy groups -OCH3 is 1. The zero-order valence-electron chi connectivity index (χ0n) is 8.34. The maximum absolute atomic E-state index is 12.9. The molecule has 0 radical (unpaired) electrons. The maximum Gasteiger partial charge on any atom is 0.327 e. The Bertz CT molecular complexity index is 436. The molecule has 0 saturated heterocycles. The van der Waals surface area contributed by atoms with Crippen LogP contribution < -0.4 is 5.73 Å². The van der Waals surface area contributed by atoms with Crippen molar-refractivity contribution in [1.29, 1.82) is 0 Å². The van der Waals surface area contributed by atoms with Gasteiger partial charge < -0.3 is 10.5 Å². The van der Waals surface area contributed by atoms with Crippen LogP contribution in [0.3, 0.4) is 0 Å². The zero-order chi connectivity index (χ0) is 12.3. The molecule has 7 heteroatoms. The van der Waals surface area contributed by atoms with Crippen molar-refractivity contribution in [2.24, 2.45) is 5.73 Å². The number of carbonyl (C=O) groups is 1. The van der Waals surface area contributed by atoms with Crippen LogP contribution in [-0.2, 0) is 9.53 Å². The highest BCUT2D eigenvalue weighted by molar-refractivity contribution is 5.78. The van der Waals surface area contributed by atoms with Gasteiger partial charge in [-0.1, -0.05) is 0 Å². The van der Waals surface area contributed by atoms with Crippen molar-refractivity contribution in [3.05, 3.63) is 39.7 Å². The highest BCUT2D eigenvalue weighted by Gasteiger charge is 2.25. The molecule has 0 unspecified atom stereocenters. The molecule has 1 atom stereocenters. The molecule has 16 heavy (non-hydrogen) atoms. The van der Waals surface area contributed by atoms with Crippen LogP contribution in [0.15, 0.2) is 18.2 Å². The zero-order valence-corrected chi connectivity index (χ0v) is 8.34. The summed E-state index contributed by atoms with van der Waals surface area (Å²) in [4.78, 5) is 21.0. The number of nitro groups is 1. The average molecular weight is 228 g/mol. The van der Waals surface area contributed by atoms with E-state index < -0.39 is 28.4 Å². The van der Waals surface area contributed by atoms with Gasteiger partial charge in [0, 0.05) is 6.07 Å². The summed E-state index contributed by atoms with van der Waals surface area (Å²) < 4.78 is 17.2. The third-order valence-electron chi connectivity index (χ3n) is 1.98.